The van der Waals surface area contributed by atoms with Crippen molar-refractivity contribution in [1.29, 1.82) is 0 Å². The Bertz CT molecular complexity index is 905. The van der Waals surface area contributed by atoms with Crippen LogP contribution in [0.4, 0.5) is 5.69 Å². The van der Waals surface area contributed by atoms with Gasteiger partial charge in [-0.3, -0.25) is 14.9 Å². The number of nitro benzene ring substituents is 1. The van der Waals surface area contributed by atoms with Gasteiger partial charge in [0.1, 0.15) is 0 Å². The van der Waals surface area contributed by atoms with Crippen molar-refractivity contribution in [1.82, 2.24) is 5.43 Å². The topological polar surface area (TPSA) is 84.6 Å². The molecule has 0 spiro atoms. The quantitative estimate of drug-likeness (QED) is 0.495. The van der Waals surface area contributed by atoms with Crippen LogP contribution in [-0.2, 0) is 6.42 Å². The average Bonchev–Trinajstić information content (AvgIpc) is 2.81. The number of amides is 1. The molecule has 2 aromatic carbocycles. The number of nitrogens with zero attached hydrogens (tertiary/aromatic N) is 2. The molecule has 1 amide bonds. The van der Waals surface area contributed by atoms with Gasteiger partial charge in [-0.25, -0.2) is 5.43 Å². The molecule has 6 nitrogen and oxygen atoms in total. The number of benzene rings is 2. The van der Waals surface area contributed by atoms with Gasteiger partial charge in [-0.05, 0) is 48.1 Å². The Morgan fingerprint density at radius 3 is 2.62 bits per heavy atom. The molecule has 7 heteroatoms. The van der Waals surface area contributed by atoms with Crippen molar-refractivity contribution in [3.63, 3.8) is 0 Å². The van der Waals surface area contributed by atoms with E-state index in [0.29, 0.717) is 10.6 Å². The van der Waals surface area contributed by atoms with Crippen molar-refractivity contribution in [2.45, 2.75) is 19.3 Å². The van der Waals surface area contributed by atoms with Crippen molar-refractivity contribution in [2.24, 2.45) is 5.10 Å². The number of aryl methyl sites for hydroxylation is 1. The Kier molecular flexibility index (Phi) is 5.43. The van der Waals surface area contributed by atoms with Crippen LogP contribution >= 0.6 is 11.6 Å². The van der Waals surface area contributed by atoms with Crippen molar-refractivity contribution in [2.75, 3.05) is 0 Å². The van der Waals surface area contributed by atoms with E-state index in [2.05, 4.69) is 16.6 Å². The van der Waals surface area contributed by atoms with Gasteiger partial charge in [-0.1, -0.05) is 35.9 Å². The number of carbonyl (C=O) groups excluding carboxylic acids is 1. The first-order chi connectivity index (χ1) is 12.6. The number of rotatable bonds is 4. The number of halogens is 1. The second-order valence-electron chi connectivity index (χ2n) is 5.85. The molecular weight excluding hydrogens is 354 g/mol. The van der Waals surface area contributed by atoms with E-state index in [1.807, 2.05) is 18.2 Å². The van der Waals surface area contributed by atoms with Crippen LogP contribution < -0.4 is 5.43 Å². The fourth-order valence-electron chi connectivity index (χ4n) is 2.79. The van der Waals surface area contributed by atoms with Gasteiger partial charge in [0.15, 0.2) is 0 Å². The summed E-state index contributed by atoms with van der Waals surface area (Å²) in [6.45, 7) is 0. The third-order valence-corrected chi connectivity index (χ3v) is 4.60. The molecule has 0 radical (unpaired) electrons. The van der Waals surface area contributed by atoms with Gasteiger partial charge in [0, 0.05) is 17.7 Å². The molecule has 1 N–H and O–H groups in total. The Labute approximate surface area is 155 Å². The monoisotopic (exact) mass is 369 g/mol. The Morgan fingerprint density at radius 2 is 1.88 bits per heavy atom. The molecule has 0 unspecified atom stereocenters. The Balaban J connectivity index is 1.71. The molecule has 0 heterocycles. The molecule has 1 aliphatic rings. The highest BCUT2D eigenvalue weighted by molar-refractivity contribution is 6.50. The first-order valence-corrected chi connectivity index (χ1v) is 8.49. The van der Waals surface area contributed by atoms with Gasteiger partial charge in [-0.15, -0.1) is 0 Å². The van der Waals surface area contributed by atoms with E-state index in [0.717, 1.165) is 30.4 Å². The molecule has 2 aromatic rings. The number of hydrogen-bond acceptors (Lipinski definition) is 4. The molecule has 0 fully saturated rings. The molecule has 0 aliphatic heterocycles. The lowest BCUT2D eigenvalue weighted by Crippen LogP contribution is -2.17. The predicted octanol–water partition coefficient (Wildman–Crippen LogP) is 4.30. The number of fused-ring (bicyclic) bond motifs is 1. The number of carbonyl (C=O) groups is 1. The van der Waals surface area contributed by atoms with Crippen molar-refractivity contribution < 1.29 is 9.72 Å². The molecule has 1 aliphatic carbocycles. The number of allylic oxidation sites excluding steroid dienone is 1. The minimum absolute atomic E-state index is 0.0703. The van der Waals surface area contributed by atoms with E-state index in [9.17, 15) is 14.9 Å². The lowest BCUT2D eigenvalue weighted by Gasteiger charge is -2.05. The van der Waals surface area contributed by atoms with E-state index in [-0.39, 0.29) is 5.69 Å². The summed E-state index contributed by atoms with van der Waals surface area (Å²) in [5.41, 5.74) is 5.71. The molecular formula is C19H16ClN3O3. The summed E-state index contributed by atoms with van der Waals surface area (Å²) in [4.78, 5) is 22.2. The number of non-ortho nitro benzene ring substituents is 1. The third-order valence-electron chi connectivity index (χ3n) is 4.15. The number of hydrazone groups is 1. The van der Waals surface area contributed by atoms with Crippen molar-refractivity contribution in [3.8, 4) is 0 Å². The molecule has 132 valence electrons. The van der Waals surface area contributed by atoms with Gasteiger partial charge >= 0.3 is 0 Å². The van der Waals surface area contributed by atoms with Crippen LogP contribution in [0.3, 0.4) is 0 Å². The largest absolute Gasteiger partial charge is 0.271 e. The van der Waals surface area contributed by atoms with Gasteiger partial charge < -0.3 is 0 Å². The minimum atomic E-state index is -0.516. The molecule has 0 atom stereocenters. The molecule has 0 bridgehead atoms. The SMILES string of the molecule is O=C(N/N=C/C1=C(Cl)c2ccccc2CCC1)c1ccc([N+](=O)[O-])cc1. The first-order valence-electron chi connectivity index (χ1n) is 8.11. The van der Waals surface area contributed by atoms with Gasteiger partial charge in [0.05, 0.1) is 16.2 Å². The van der Waals surface area contributed by atoms with E-state index < -0.39 is 10.8 Å². The molecule has 0 aromatic heterocycles. The third kappa shape index (κ3) is 3.97. The highest BCUT2D eigenvalue weighted by Gasteiger charge is 2.14. The normalized spacial score (nSPS) is 14.0. The van der Waals surface area contributed by atoms with Crippen LogP contribution in [0.25, 0.3) is 5.03 Å². The van der Waals surface area contributed by atoms with Gasteiger partial charge in [0.25, 0.3) is 11.6 Å². The molecule has 3 rings (SSSR count). The maximum atomic E-state index is 12.1. The maximum absolute atomic E-state index is 12.1. The van der Waals surface area contributed by atoms with E-state index in [1.165, 1.54) is 29.8 Å². The first kappa shape index (κ1) is 17.8. The fraction of sp³-hybridized carbons (Fsp3) is 0.158. The summed E-state index contributed by atoms with van der Waals surface area (Å²) < 4.78 is 0. The van der Waals surface area contributed by atoms with Crippen molar-refractivity contribution >= 4 is 34.4 Å². The maximum Gasteiger partial charge on any atom is 0.271 e. The summed E-state index contributed by atoms with van der Waals surface area (Å²) in [6.07, 6.45) is 4.22. The standard InChI is InChI=1S/C19H16ClN3O3/c20-18-15(6-3-5-13-4-1-2-7-17(13)18)12-21-22-19(24)14-8-10-16(11-9-14)23(25)26/h1-2,4,7-12H,3,5-6H2,(H,22,24)/b21-12+. The second kappa shape index (κ2) is 7.93. The van der Waals surface area contributed by atoms with Crippen LogP contribution in [0, 0.1) is 10.1 Å². The van der Waals surface area contributed by atoms with Crippen LogP contribution in [0.2, 0.25) is 0 Å². The highest BCUT2D eigenvalue weighted by Crippen LogP contribution is 2.32. The predicted molar refractivity (Wildman–Crippen MR) is 101 cm³/mol. The van der Waals surface area contributed by atoms with Crippen LogP contribution in [0.1, 0.15) is 34.3 Å². The lowest BCUT2D eigenvalue weighted by molar-refractivity contribution is -0.384. The molecule has 0 saturated heterocycles. The Morgan fingerprint density at radius 1 is 1.15 bits per heavy atom. The Hall–Kier alpha value is -2.99. The summed E-state index contributed by atoms with van der Waals surface area (Å²) in [5, 5.41) is 15.3. The number of hydrogen-bond donors (Lipinski definition) is 1. The van der Waals surface area contributed by atoms with Gasteiger partial charge in [-0.2, -0.15) is 5.10 Å². The molecule has 0 saturated carbocycles. The van der Waals surface area contributed by atoms with E-state index >= 15 is 0 Å². The zero-order valence-corrected chi connectivity index (χ0v) is 14.6. The van der Waals surface area contributed by atoms with Gasteiger partial charge in [0.2, 0.25) is 0 Å². The highest BCUT2D eigenvalue weighted by atomic mass is 35.5. The summed E-state index contributed by atoms with van der Waals surface area (Å²) in [5.74, 6) is -0.443. The van der Waals surface area contributed by atoms with Crippen LogP contribution in [-0.4, -0.2) is 17.0 Å². The number of nitrogens with one attached hydrogen (secondary N) is 1. The van der Waals surface area contributed by atoms with E-state index in [4.69, 9.17) is 11.6 Å². The second-order valence-corrected chi connectivity index (χ2v) is 6.23. The lowest BCUT2D eigenvalue weighted by atomic mass is 10.0. The smallest absolute Gasteiger partial charge is 0.267 e. The van der Waals surface area contributed by atoms with E-state index in [1.54, 1.807) is 6.21 Å². The van der Waals surface area contributed by atoms with Crippen LogP contribution in [0.15, 0.2) is 59.2 Å². The zero-order valence-electron chi connectivity index (χ0n) is 13.8. The van der Waals surface area contributed by atoms with Crippen molar-refractivity contribution in [3.05, 3.63) is 80.9 Å². The molecule has 26 heavy (non-hydrogen) atoms. The minimum Gasteiger partial charge on any atom is -0.267 e. The fourth-order valence-corrected chi connectivity index (χ4v) is 3.12. The summed E-state index contributed by atoms with van der Waals surface area (Å²) in [6, 6.07) is 13.3. The zero-order chi connectivity index (χ0) is 18.5. The average molecular weight is 370 g/mol. The summed E-state index contributed by atoms with van der Waals surface area (Å²) in [7, 11) is 0. The number of nitro groups is 1. The summed E-state index contributed by atoms with van der Waals surface area (Å²) >= 11 is 6.51. The van der Waals surface area contributed by atoms with Crippen LogP contribution in [0.5, 0.6) is 0 Å².